The van der Waals surface area contributed by atoms with E-state index in [-0.39, 0.29) is 0 Å². The minimum absolute atomic E-state index is 0.709. The lowest BCUT2D eigenvalue weighted by Crippen LogP contribution is -2.42. The van der Waals surface area contributed by atoms with Crippen LogP contribution in [0.1, 0.15) is 47.5 Å². The molecule has 1 N–H and O–H groups in total. The molecule has 0 heterocycles. The fraction of sp³-hybridized carbons (Fsp3) is 1.00. The molecule has 2 unspecified atom stereocenters. The Morgan fingerprint density at radius 1 is 1.12 bits per heavy atom. The van der Waals surface area contributed by atoms with Crippen LogP contribution in [0.3, 0.4) is 0 Å². The first-order valence-electron chi connectivity index (χ1n) is 7.49. The van der Waals surface area contributed by atoms with Gasteiger partial charge in [-0.3, -0.25) is 0 Å². The van der Waals surface area contributed by atoms with E-state index in [0.717, 1.165) is 30.8 Å². The van der Waals surface area contributed by atoms with E-state index < -0.39 is 0 Å². The van der Waals surface area contributed by atoms with E-state index in [1.165, 1.54) is 25.9 Å². The van der Waals surface area contributed by atoms with Crippen molar-refractivity contribution < 1.29 is 0 Å². The van der Waals surface area contributed by atoms with Crippen molar-refractivity contribution in [1.29, 1.82) is 0 Å². The molecule has 0 amide bonds. The summed E-state index contributed by atoms with van der Waals surface area (Å²) in [5, 5.41) is 3.59. The van der Waals surface area contributed by atoms with Gasteiger partial charge < -0.3 is 10.2 Å². The second-order valence-electron chi connectivity index (χ2n) is 6.30. The van der Waals surface area contributed by atoms with E-state index in [2.05, 4.69) is 44.8 Å². The van der Waals surface area contributed by atoms with Crippen molar-refractivity contribution in [3.8, 4) is 0 Å². The molecule has 17 heavy (non-hydrogen) atoms. The Balaban J connectivity index is 2.24. The Bertz CT molecular complexity index is 199. The summed E-state index contributed by atoms with van der Waals surface area (Å²) in [7, 11) is 0. The number of nitrogens with zero attached hydrogens (tertiary/aromatic N) is 1. The Morgan fingerprint density at radius 2 is 1.76 bits per heavy atom. The van der Waals surface area contributed by atoms with E-state index in [1.807, 2.05) is 0 Å². The number of hydrogen-bond donors (Lipinski definition) is 1. The zero-order chi connectivity index (χ0) is 12.8. The molecule has 2 atom stereocenters. The molecule has 0 radical (unpaired) electrons. The van der Waals surface area contributed by atoms with Crippen molar-refractivity contribution in [3.05, 3.63) is 0 Å². The van der Waals surface area contributed by atoms with Crippen LogP contribution >= 0.6 is 0 Å². The van der Waals surface area contributed by atoms with Crippen molar-refractivity contribution in [2.75, 3.05) is 26.2 Å². The van der Waals surface area contributed by atoms with E-state index in [9.17, 15) is 0 Å². The van der Waals surface area contributed by atoms with Gasteiger partial charge in [-0.05, 0) is 57.2 Å². The fourth-order valence-electron chi connectivity index (χ4n) is 2.35. The molecule has 1 aliphatic rings. The predicted molar refractivity (Wildman–Crippen MR) is 76.3 cm³/mol. The van der Waals surface area contributed by atoms with E-state index >= 15 is 0 Å². The molecule has 0 spiro atoms. The SMILES string of the molecule is CCN(CC1CC1)C(C)C(C)CNCC(C)C. The zero-order valence-electron chi connectivity index (χ0n) is 12.5. The molecule has 0 aromatic carbocycles. The van der Waals surface area contributed by atoms with Gasteiger partial charge in [-0.25, -0.2) is 0 Å². The second kappa shape index (κ2) is 7.38. The zero-order valence-corrected chi connectivity index (χ0v) is 12.5. The highest BCUT2D eigenvalue weighted by Crippen LogP contribution is 2.30. The summed E-state index contributed by atoms with van der Waals surface area (Å²) in [6.07, 6.45) is 2.92. The van der Waals surface area contributed by atoms with Crippen molar-refractivity contribution in [2.24, 2.45) is 17.8 Å². The summed E-state index contributed by atoms with van der Waals surface area (Å²) in [6.45, 7) is 16.4. The Morgan fingerprint density at radius 3 is 2.24 bits per heavy atom. The summed E-state index contributed by atoms with van der Waals surface area (Å²) in [6, 6.07) is 0.709. The first-order chi connectivity index (χ1) is 8.04. The summed E-state index contributed by atoms with van der Waals surface area (Å²) < 4.78 is 0. The van der Waals surface area contributed by atoms with Crippen LogP contribution in [-0.4, -0.2) is 37.1 Å². The van der Waals surface area contributed by atoms with Crippen LogP contribution in [0.15, 0.2) is 0 Å². The molecule has 0 aliphatic heterocycles. The largest absolute Gasteiger partial charge is 0.316 e. The summed E-state index contributed by atoms with van der Waals surface area (Å²) in [5.74, 6) is 2.51. The lowest BCUT2D eigenvalue weighted by atomic mass is 10.0. The quantitative estimate of drug-likeness (QED) is 0.666. The van der Waals surface area contributed by atoms with Crippen LogP contribution in [0.4, 0.5) is 0 Å². The maximum Gasteiger partial charge on any atom is 0.0105 e. The highest BCUT2D eigenvalue weighted by Gasteiger charge is 2.27. The summed E-state index contributed by atoms with van der Waals surface area (Å²) in [4.78, 5) is 2.67. The molecule has 1 rings (SSSR count). The van der Waals surface area contributed by atoms with Gasteiger partial charge in [0.2, 0.25) is 0 Å². The van der Waals surface area contributed by atoms with Crippen LogP contribution < -0.4 is 5.32 Å². The highest BCUT2D eigenvalue weighted by molar-refractivity contribution is 4.81. The first-order valence-corrected chi connectivity index (χ1v) is 7.49. The highest BCUT2D eigenvalue weighted by atomic mass is 15.2. The predicted octanol–water partition coefficient (Wildman–Crippen LogP) is 2.99. The average molecular weight is 240 g/mol. The van der Waals surface area contributed by atoms with Gasteiger partial charge >= 0.3 is 0 Å². The molecule has 1 saturated carbocycles. The standard InChI is InChI=1S/C15H32N2/c1-6-17(11-15-7-8-15)14(5)13(4)10-16-9-12(2)3/h12-16H,6-11H2,1-5H3. The Kier molecular flexibility index (Phi) is 6.50. The minimum atomic E-state index is 0.709. The van der Waals surface area contributed by atoms with Gasteiger partial charge in [0.05, 0.1) is 0 Å². The van der Waals surface area contributed by atoms with Gasteiger partial charge in [0.1, 0.15) is 0 Å². The lowest BCUT2D eigenvalue weighted by Gasteiger charge is -2.32. The van der Waals surface area contributed by atoms with Gasteiger partial charge in [0.25, 0.3) is 0 Å². The fourth-order valence-corrected chi connectivity index (χ4v) is 2.35. The third-order valence-corrected chi connectivity index (χ3v) is 4.01. The first kappa shape index (κ1) is 15.0. The summed E-state index contributed by atoms with van der Waals surface area (Å²) >= 11 is 0. The lowest BCUT2D eigenvalue weighted by molar-refractivity contribution is 0.160. The normalized spacial score (nSPS) is 19.9. The Labute approximate surface area is 108 Å². The monoisotopic (exact) mass is 240 g/mol. The van der Waals surface area contributed by atoms with E-state index in [0.29, 0.717) is 6.04 Å². The second-order valence-corrected chi connectivity index (χ2v) is 6.30. The number of hydrogen-bond acceptors (Lipinski definition) is 2. The van der Waals surface area contributed by atoms with Gasteiger partial charge in [0.15, 0.2) is 0 Å². The minimum Gasteiger partial charge on any atom is -0.316 e. The molecular weight excluding hydrogens is 208 g/mol. The van der Waals surface area contributed by atoms with Crippen LogP contribution in [0, 0.1) is 17.8 Å². The molecule has 2 heteroatoms. The molecule has 2 nitrogen and oxygen atoms in total. The number of rotatable bonds is 9. The molecule has 0 bridgehead atoms. The van der Waals surface area contributed by atoms with Gasteiger partial charge in [0, 0.05) is 12.6 Å². The molecule has 1 fully saturated rings. The van der Waals surface area contributed by atoms with Crippen LogP contribution in [0.25, 0.3) is 0 Å². The van der Waals surface area contributed by atoms with Crippen molar-refractivity contribution in [3.63, 3.8) is 0 Å². The van der Waals surface area contributed by atoms with Crippen LogP contribution in [0.5, 0.6) is 0 Å². The van der Waals surface area contributed by atoms with Gasteiger partial charge in [-0.2, -0.15) is 0 Å². The molecule has 1 aliphatic carbocycles. The molecule has 0 aromatic rings. The smallest absolute Gasteiger partial charge is 0.0105 e. The molecule has 0 saturated heterocycles. The Hall–Kier alpha value is -0.0800. The third kappa shape index (κ3) is 5.87. The maximum atomic E-state index is 3.59. The molecule has 0 aromatic heterocycles. The topological polar surface area (TPSA) is 15.3 Å². The average Bonchev–Trinajstić information content (AvgIpc) is 3.08. The van der Waals surface area contributed by atoms with Crippen LogP contribution in [0.2, 0.25) is 0 Å². The van der Waals surface area contributed by atoms with Gasteiger partial charge in [-0.1, -0.05) is 27.7 Å². The third-order valence-electron chi connectivity index (χ3n) is 4.01. The van der Waals surface area contributed by atoms with Crippen molar-refractivity contribution in [2.45, 2.75) is 53.5 Å². The number of nitrogens with one attached hydrogen (secondary N) is 1. The summed E-state index contributed by atoms with van der Waals surface area (Å²) in [5.41, 5.74) is 0. The van der Waals surface area contributed by atoms with Gasteiger partial charge in [-0.15, -0.1) is 0 Å². The van der Waals surface area contributed by atoms with Crippen molar-refractivity contribution >= 4 is 0 Å². The van der Waals surface area contributed by atoms with Crippen LogP contribution in [-0.2, 0) is 0 Å². The van der Waals surface area contributed by atoms with E-state index in [1.54, 1.807) is 0 Å². The maximum absolute atomic E-state index is 3.59. The molecule has 102 valence electrons. The van der Waals surface area contributed by atoms with Crippen molar-refractivity contribution in [1.82, 2.24) is 10.2 Å². The van der Waals surface area contributed by atoms with E-state index in [4.69, 9.17) is 0 Å². The molecular formula is C15H32N2.